The lowest BCUT2D eigenvalue weighted by Crippen LogP contribution is -2.43. The fraction of sp³-hybridized carbons (Fsp3) is 0.857. The lowest BCUT2D eigenvalue weighted by molar-refractivity contribution is -0.141. The van der Waals surface area contributed by atoms with Crippen molar-refractivity contribution < 1.29 is 39.0 Å². The Morgan fingerprint density at radius 2 is 1.81 bits per heavy atom. The molecule has 0 saturated carbocycles. The van der Waals surface area contributed by atoms with Crippen molar-refractivity contribution >= 4 is 13.6 Å². The molecule has 0 aromatic carbocycles. The summed E-state index contributed by atoms with van der Waals surface area (Å²) in [5, 5.41) is 27.5. The first-order valence-electron chi connectivity index (χ1n) is 4.46. The predicted octanol–water partition coefficient (Wildman–Crippen LogP) is -1.84. The van der Waals surface area contributed by atoms with E-state index in [2.05, 4.69) is 4.52 Å². The molecule has 0 rings (SSSR count). The van der Waals surface area contributed by atoms with Crippen LogP contribution < -0.4 is 0 Å². The van der Waals surface area contributed by atoms with Gasteiger partial charge >= 0.3 is 7.82 Å². The third-order valence-corrected chi connectivity index (χ3v) is 2.31. The first kappa shape index (κ1) is 15.7. The Morgan fingerprint density at radius 3 is 2.19 bits per heavy atom. The minimum atomic E-state index is -4.80. The predicted molar refractivity (Wildman–Crippen MR) is 51.3 cm³/mol. The second-order valence-electron chi connectivity index (χ2n) is 3.14. The summed E-state index contributed by atoms with van der Waals surface area (Å²) < 4.78 is 14.1. The highest BCUT2D eigenvalue weighted by Crippen LogP contribution is 2.35. The molecule has 0 radical (unpaired) electrons. The molecule has 3 atom stereocenters. The van der Waals surface area contributed by atoms with E-state index in [1.54, 1.807) is 0 Å². The van der Waals surface area contributed by atoms with Gasteiger partial charge < -0.3 is 25.1 Å². The second-order valence-corrected chi connectivity index (χ2v) is 4.38. The minimum Gasteiger partial charge on any atom is -0.390 e. The molecule has 2 unspecified atom stereocenters. The number of ketones is 1. The number of Topliss-reactive ketones (excluding diaryl/α,β-unsaturated/α-hetero) is 1. The molecular formula is C7H15O8P. The molecule has 0 aromatic heterocycles. The van der Waals surface area contributed by atoms with E-state index in [1.165, 1.54) is 6.92 Å². The SMILES string of the molecule is CC[C@H](O)C(O)C(O)C(=O)COP(=O)(O)O. The summed E-state index contributed by atoms with van der Waals surface area (Å²) in [5.41, 5.74) is 0. The molecule has 5 N–H and O–H groups in total. The molecule has 0 fully saturated rings. The summed E-state index contributed by atoms with van der Waals surface area (Å²) in [5.74, 6) is -1.12. The van der Waals surface area contributed by atoms with Crippen LogP contribution >= 0.6 is 7.82 Å². The molecule has 0 bridgehead atoms. The van der Waals surface area contributed by atoms with Gasteiger partial charge in [0.2, 0.25) is 0 Å². The number of hydrogen-bond acceptors (Lipinski definition) is 6. The van der Waals surface area contributed by atoms with Crippen LogP contribution in [-0.2, 0) is 13.9 Å². The van der Waals surface area contributed by atoms with Crippen molar-refractivity contribution in [1.82, 2.24) is 0 Å². The molecule has 0 amide bonds. The summed E-state index contributed by atoms with van der Waals surface area (Å²) in [6.45, 7) is 0.482. The van der Waals surface area contributed by atoms with Gasteiger partial charge in [-0.1, -0.05) is 6.92 Å². The van der Waals surface area contributed by atoms with Crippen LogP contribution in [0.1, 0.15) is 13.3 Å². The Bertz CT molecular complexity index is 274. The molecule has 96 valence electrons. The van der Waals surface area contributed by atoms with E-state index in [-0.39, 0.29) is 6.42 Å². The van der Waals surface area contributed by atoms with E-state index < -0.39 is 38.5 Å². The van der Waals surface area contributed by atoms with Crippen LogP contribution in [0.25, 0.3) is 0 Å². The van der Waals surface area contributed by atoms with Crippen LogP contribution in [0.4, 0.5) is 0 Å². The minimum absolute atomic E-state index is 0.116. The summed E-state index contributed by atoms with van der Waals surface area (Å²) >= 11 is 0. The second kappa shape index (κ2) is 6.41. The highest BCUT2D eigenvalue weighted by molar-refractivity contribution is 7.46. The maximum absolute atomic E-state index is 11.1. The number of phosphoric acid groups is 1. The van der Waals surface area contributed by atoms with Crippen LogP contribution in [0.5, 0.6) is 0 Å². The van der Waals surface area contributed by atoms with Crippen LogP contribution in [0.3, 0.4) is 0 Å². The lowest BCUT2D eigenvalue weighted by atomic mass is 10.0. The third-order valence-electron chi connectivity index (χ3n) is 1.84. The first-order chi connectivity index (χ1) is 7.19. The zero-order valence-corrected chi connectivity index (χ0v) is 9.45. The van der Waals surface area contributed by atoms with Gasteiger partial charge in [-0.3, -0.25) is 9.32 Å². The van der Waals surface area contributed by atoms with E-state index >= 15 is 0 Å². The van der Waals surface area contributed by atoms with E-state index in [0.717, 1.165) is 0 Å². The largest absolute Gasteiger partial charge is 0.470 e. The molecule has 16 heavy (non-hydrogen) atoms. The third kappa shape index (κ3) is 5.66. The topological polar surface area (TPSA) is 145 Å². The highest BCUT2D eigenvalue weighted by atomic mass is 31.2. The van der Waals surface area contributed by atoms with Crippen LogP contribution in [0, 0.1) is 0 Å². The smallest absolute Gasteiger partial charge is 0.390 e. The molecule has 9 heteroatoms. The van der Waals surface area contributed by atoms with Crippen molar-refractivity contribution in [2.75, 3.05) is 6.61 Å². The van der Waals surface area contributed by atoms with Crippen LogP contribution in [0.15, 0.2) is 0 Å². The van der Waals surface area contributed by atoms with Gasteiger partial charge in [0, 0.05) is 0 Å². The lowest BCUT2D eigenvalue weighted by Gasteiger charge is -2.20. The molecule has 0 aliphatic carbocycles. The zero-order chi connectivity index (χ0) is 12.9. The molecule has 0 spiro atoms. The Morgan fingerprint density at radius 1 is 1.31 bits per heavy atom. The molecule has 8 nitrogen and oxygen atoms in total. The number of carbonyl (C=O) groups is 1. The quantitative estimate of drug-likeness (QED) is 0.335. The van der Waals surface area contributed by atoms with E-state index in [9.17, 15) is 19.6 Å². The maximum atomic E-state index is 11.1. The van der Waals surface area contributed by atoms with Crippen molar-refractivity contribution in [2.24, 2.45) is 0 Å². The van der Waals surface area contributed by atoms with Gasteiger partial charge in [-0.25, -0.2) is 4.57 Å². The number of rotatable bonds is 7. The Labute approximate surface area is 91.7 Å². The molecular weight excluding hydrogens is 243 g/mol. The fourth-order valence-corrected chi connectivity index (χ4v) is 1.17. The van der Waals surface area contributed by atoms with Gasteiger partial charge in [0.1, 0.15) is 18.8 Å². The maximum Gasteiger partial charge on any atom is 0.470 e. The van der Waals surface area contributed by atoms with E-state index in [0.29, 0.717) is 0 Å². The average Bonchev–Trinajstić information content (AvgIpc) is 2.21. The van der Waals surface area contributed by atoms with Gasteiger partial charge in [0.15, 0.2) is 5.78 Å². The van der Waals surface area contributed by atoms with Crippen molar-refractivity contribution in [3.63, 3.8) is 0 Å². The summed E-state index contributed by atoms with van der Waals surface area (Å²) in [6, 6.07) is 0. The van der Waals surface area contributed by atoms with Gasteiger partial charge in [0.05, 0.1) is 6.10 Å². The fourth-order valence-electron chi connectivity index (χ4n) is 0.875. The standard InChI is InChI=1S/C7H15O8P/c1-2-4(8)6(10)7(11)5(9)3-15-16(12,13)14/h4,6-8,10-11H,2-3H2,1H3,(H2,12,13,14)/t4-,6?,7?/m0/s1. The van der Waals surface area contributed by atoms with Gasteiger partial charge in [-0.2, -0.15) is 0 Å². The van der Waals surface area contributed by atoms with Crippen molar-refractivity contribution in [3.8, 4) is 0 Å². The van der Waals surface area contributed by atoms with Crippen molar-refractivity contribution in [2.45, 2.75) is 31.7 Å². The number of aliphatic hydroxyl groups excluding tert-OH is 3. The highest BCUT2D eigenvalue weighted by Gasteiger charge is 2.30. The van der Waals surface area contributed by atoms with Gasteiger partial charge in [-0.05, 0) is 6.42 Å². The number of carbonyl (C=O) groups excluding carboxylic acids is 1. The molecule has 0 aliphatic rings. The first-order valence-corrected chi connectivity index (χ1v) is 5.99. The summed E-state index contributed by atoms with van der Waals surface area (Å²) in [7, 11) is -4.80. The Kier molecular flexibility index (Phi) is 6.27. The van der Waals surface area contributed by atoms with Gasteiger partial charge in [0.25, 0.3) is 0 Å². The Balaban J connectivity index is 4.23. The van der Waals surface area contributed by atoms with Crippen molar-refractivity contribution in [3.05, 3.63) is 0 Å². The van der Waals surface area contributed by atoms with Crippen LogP contribution in [0.2, 0.25) is 0 Å². The summed E-state index contributed by atoms with van der Waals surface area (Å²) in [4.78, 5) is 27.6. The van der Waals surface area contributed by atoms with Crippen molar-refractivity contribution in [1.29, 1.82) is 0 Å². The molecule has 0 heterocycles. The van der Waals surface area contributed by atoms with E-state index in [4.69, 9.17) is 14.9 Å². The number of aliphatic hydroxyl groups is 3. The monoisotopic (exact) mass is 258 g/mol. The van der Waals surface area contributed by atoms with Gasteiger partial charge in [-0.15, -0.1) is 0 Å². The molecule has 0 aromatic rings. The molecule has 0 saturated heterocycles. The summed E-state index contributed by atoms with van der Waals surface area (Å²) in [6.07, 6.45) is -4.83. The van der Waals surface area contributed by atoms with Crippen LogP contribution in [-0.4, -0.2) is 55.8 Å². The normalized spacial score (nSPS) is 17.9. The Hall–Kier alpha value is -0.340. The van der Waals surface area contributed by atoms with E-state index in [1.807, 2.05) is 0 Å². The number of hydrogen-bond donors (Lipinski definition) is 5. The zero-order valence-electron chi connectivity index (χ0n) is 8.55. The average molecular weight is 258 g/mol. The molecule has 0 aliphatic heterocycles. The number of phosphoric ester groups is 1.